The number of halogens is 6. The SMILES string of the molecule is COc1ccc(C(=O)CC(O)(C#CC(O)(CC(=O)c2ccc(OC)cc2)C(F)(F)F)C(F)(F)F)cc1. The van der Waals surface area contributed by atoms with Gasteiger partial charge in [-0.1, -0.05) is 11.8 Å². The third-order valence-corrected chi connectivity index (χ3v) is 5.07. The molecule has 0 spiro atoms. The highest BCUT2D eigenvalue weighted by atomic mass is 19.4. The number of Topliss-reactive ketones (excluding diaryl/α,β-unsaturated/α-hetero) is 2. The minimum atomic E-state index is -5.69. The van der Waals surface area contributed by atoms with Crippen molar-refractivity contribution in [2.24, 2.45) is 0 Å². The molecule has 12 heteroatoms. The molecule has 0 aliphatic rings. The van der Waals surface area contributed by atoms with E-state index in [1.54, 1.807) is 0 Å². The second-order valence-electron chi connectivity index (χ2n) is 7.62. The van der Waals surface area contributed by atoms with Gasteiger partial charge in [-0.05, 0) is 48.5 Å². The van der Waals surface area contributed by atoms with Crippen molar-refractivity contribution in [1.82, 2.24) is 0 Å². The van der Waals surface area contributed by atoms with Crippen LogP contribution in [0.1, 0.15) is 33.6 Å². The molecule has 6 nitrogen and oxygen atoms in total. The zero-order valence-electron chi connectivity index (χ0n) is 18.8. The zero-order valence-corrected chi connectivity index (χ0v) is 18.8. The Bertz CT molecular complexity index is 1060. The van der Waals surface area contributed by atoms with Gasteiger partial charge in [-0.15, -0.1) is 0 Å². The lowest BCUT2D eigenvalue weighted by Crippen LogP contribution is -2.49. The highest BCUT2D eigenvalue weighted by Crippen LogP contribution is 2.37. The van der Waals surface area contributed by atoms with Gasteiger partial charge in [-0.25, -0.2) is 0 Å². The molecule has 0 aromatic heterocycles. The van der Waals surface area contributed by atoms with Gasteiger partial charge in [0.25, 0.3) is 0 Å². The number of rotatable bonds is 8. The molecule has 0 aliphatic carbocycles. The summed E-state index contributed by atoms with van der Waals surface area (Å²) in [7, 11) is 2.60. The van der Waals surface area contributed by atoms with Gasteiger partial charge in [0.1, 0.15) is 11.5 Å². The number of ketones is 2. The molecule has 0 heterocycles. The second-order valence-corrected chi connectivity index (χ2v) is 7.62. The molecule has 0 saturated carbocycles. The monoisotopic (exact) mass is 518 g/mol. The minimum absolute atomic E-state index is 0.272. The lowest BCUT2D eigenvalue weighted by Gasteiger charge is -2.27. The van der Waals surface area contributed by atoms with Gasteiger partial charge in [0.05, 0.1) is 27.1 Å². The second kappa shape index (κ2) is 10.6. The maximum atomic E-state index is 13.6. The van der Waals surface area contributed by atoms with Gasteiger partial charge in [-0.3, -0.25) is 9.59 Å². The van der Waals surface area contributed by atoms with Crippen LogP contribution in [0.2, 0.25) is 0 Å². The fraction of sp³-hybridized carbons (Fsp3) is 0.333. The first kappa shape index (κ1) is 28.7. The van der Waals surface area contributed by atoms with E-state index in [4.69, 9.17) is 9.47 Å². The smallest absolute Gasteiger partial charge is 0.429 e. The minimum Gasteiger partial charge on any atom is -0.497 e. The lowest BCUT2D eigenvalue weighted by atomic mass is 9.89. The van der Waals surface area contributed by atoms with E-state index in [-0.39, 0.29) is 22.6 Å². The molecule has 2 aromatic carbocycles. The van der Waals surface area contributed by atoms with Crippen molar-refractivity contribution in [2.45, 2.75) is 36.4 Å². The molecule has 0 saturated heterocycles. The summed E-state index contributed by atoms with van der Waals surface area (Å²) in [6.45, 7) is 0. The van der Waals surface area contributed by atoms with Crippen LogP contribution in [0, 0.1) is 11.8 Å². The fourth-order valence-corrected chi connectivity index (χ4v) is 2.86. The van der Waals surface area contributed by atoms with Gasteiger partial charge in [0.15, 0.2) is 11.6 Å². The number of carbonyl (C=O) groups is 2. The van der Waals surface area contributed by atoms with Crippen molar-refractivity contribution >= 4 is 11.6 Å². The fourth-order valence-electron chi connectivity index (χ4n) is 2.86. The third-order valence-electron chi connectivity index (χ3n) is 5.07. The Kier molecular flexibility index (Phi) is 8.44. The maximum absolute atomic E-state index is 13.6. The third kappa shape index (κ3) is 6.56. The summed E-state index contributed by atoms with van der Waals surface area (Å²) >= 11 is 0. The maximum Gasteiger partial charge on any atom is 0.429 e. The first-order valence-corrected chi connectivity index (χ1v) is 10.0. The van der Waals surface area contributed by atoms with Crippen LogP contribution in [-0.4, -0.2) is 59.6 Å². The molecule has 36 heavy (non-hydrogen) atoms. The average molecular weight is 518 g/mol. The van der Waals surface area contributed by atoms with E-state index >= 15 is 0 Å². The molecule has 194 valence electrons. The van der Waals surface area contributed by atoms with E-state index in [9.17, 15) is 46.1 Å². The molecule has 0 bridgehead atoms. The summed E-state index contributed by atoms with van der Waals surface area (Å²) in [6.07, 6.45) is -14.9. The van der Waals surface area contributed by atoms with Gasteiger partial charge < -0.3 is 19.7 Å². The molecular formula is C24H20F6O6. The van der Waals surface area contributed by atoms with Crippen LogP contribution in [0.3, 0.4) is 0 Å². The molecule has 2 atom stereocenters. The summed E-state index contributed by atoms with van der Waals surface area (Å²) in [5.41, 5.74) is -9.12. The summed E-state index contributed by atoms with van der Waals surface area (Å²) < 4.78 is 91.3. The summed E-state index contributed by atoms with van der Waals surface area (Å²) in [5, 5.41) is 20.2. The zero-order chi connectivity index (χ0) is 27.4. The Morgan fingerprint density at radius 1 is 0.667 bits per heavy atom. The normalized spacial score (nSPS) is 15.1. The Balaban J connectivity index is 2.41. The molecule has 2 N–H and O–H groups in total. The summed E-state index contributed by atoms with van der Waals surface area (Å²) in [6, 6.07) is 9.35. The van der Waals surface area contributed by atoms with Crippen LogP contribution in [0.4, 0.5) is 26.3 Å². The number of alkyl halides is 6. The van der Waals surface area contributed by atoms with Gasteiger partial charge in [0, 0.05) is 11.1 Å². The van der Waals surface area contributed by atoms with E-state index < -0.39 is 48.0 Å². The molecular weight excluding hydrogens is 498 g/mol. The molecule has 2 unspecified atom stereocenters. The van der Waals surface area contributed by atoms with Crippen molar-refractivity contribution in [3.8, 4) is 23.3 Å². The molecule has 0 radical (unpaired) electrons. The van der Waals surface area contributed by atoms with E-state index in [0.29, 0.717) is 0 Å². The Hall–Kier alpha value is -3.56. The number of aliphatic hydroxyl groups is 2. The number of hydrogen-bond donors (Lipinski definition) is 2. The van der Waals surface area contributed by atoms with Gasteiger partial charge in [0.2, 0.25) is 11.2 Å². The van der Waals surface area contributed by atoms with Crippen molar-refractivity contribution in [1.29, 1.82) is 0 Å². The number of benzene rings is 2. The van der Waals surface area contributed by atoms with Crippen molar-refractivity contribution in [2.75, 3.05) is 14.2 Å². The van der Waals surface area contributed by atoms with Crippen molar-refractivity contribution < 1.29 is 55.6 Å². The standard InChI is InChI=1S/C24H20F6O6/c1-35-17-7-3-15(4-8-17)19(31)13-21(33,23(25,26)27)11-12-22(34,24(28,29)30)14-20(32)16-5-9-18(36-2)10-6-16/h3-10,33-34H,13-14H2,1-2H3. The van der Waals surface area contributed by atoms with Crippen LogP contribution in [0.15, 0.2) is 48.5 Å². The van der Waals surface area contributed by atoms with E-state index in [1.807, 2.05) is 0 Å². The van der Waals surface area contributed by atoms with Crippen LogP contribution < -0.4 is 9.47 Å². The molecule has 2 rings (SSSR count). The number of hydrogen-bond acceptors (Lipinski definition) is 6. The van der Waals surface area contributed by atoms with Crippen LogP contribution in [0.5, 0.6) is 11.5 Å². The van der Waals surface area contributed by atoms with Crippen LogP contribution in [-0.2, 0) is 0 Å². The van der Waals surface area contributed by atoms with Gasteiger partial charge >= 0.3 is 12.4 Å². The Morgan fingerprint density at radius 3 is 1.17 bits per heavy atom. The van der Waals surface area contributed by atoms with E-state index in [1.165, 1.54) is 38.5 Å². The number of carbonyl (C=O) groups excluding carboxylic acids is 2. The largest absolute Gasteiger partial charge is 0.497 e. The number of ether oxygens (including phenoxy) is 2. The number of methoxy groups -OCH3 is 2. The first-order valence-electron chi connectivity index (χ1n) is 10.0. The predicted octanol–water partition coefficient (Wildman–Crippen LogP) is 4.14. The Labute approximate surface area is 201 Å². The molecule has 0 amide bonds. The average Bonchev–Trinajstić information content (AvgIpc) is 2.81. The molecule has 0 aliphatic heterocycles. The van der Waals surface area contributed by atoms with Gasteiger partial charge in [-0.2, -0.15) is 26.3 Å². The summed E-state index contributed by atoms with van der Waals surface area (Å²) in [4.78, 5) is 24.7. The topological polar surface area (TPSA) is 93.1 Å². The quantitative estimate of drug-likeness (QED) is 0.310. The molecule has 0 fully saturated rings. The van der Waals surface area contributed by atoms with Crippen molar-refractivity contribution in [3.63, 3.8) is 0 Å². The van der Waals surface area contributed by atoms with Crippen molar-refractivity contribution in [3.05, 3.63) is 59.7 Å². The highest BCUT2D eigenvalue weighted by molar-refractivity contribution is 5.98. The van der Waals surface area contributed by atoms with Crippen LogP contribution >= 0.6 is 0 Å². The lowest BCUT2D eigenvalue weighted by molar-refractivity contribution is -0.238. The van der Waals surface area contributed by atoms with Crippen LogP contribution in [0.25, 0.3) is 0 Å². The first-order chi connectivity index (χ1) is 16.5. The van der Waals surface area contributed by atoms with E-state index in [0.717, 1.165) is 36.1 Å². The highest BCUT2D eigenvalue weighted by Gasteiger charge is 2.57. The summed E-state index contributed by atoms with van der Waals surface area (Å²) in [5.74, 6) is -0.0961. The Morgan fingerprint density at radius 2 is 0.944 bits per heavy atom. The predicted molar refractivity (Wildman–Crippen MR) is 114 cm³/mol. The van der Waals surface area contributed by atoms with E-state index in [2.05, 4.69) is 0 Å². The molecule has 2 aromatic rings.